The third-order valence-corrected chi connectivity index (χ3v) is 3.67. The van der Waals surface area contributed by atoms with E-state index < -0.39 is 6.10 Å². The monoisotopic (exact) mass is 314 g/mol. The molecule has 0 aliphatic rings. The highest BCUT2D eigenvalue weighted by Gasteiger charge is 2.15. The first-order chi connectivity index (χ1) is 11.0. The zero-order valence-electron chi connectivity index (χ0n) is 13.4. The van der Waals surface area contributed by atoms with Crippen LogP contribution in [-0.4, -0.2) is 29.6 Å². The molecule has 0 aliphatic heterocycles. The summed E-state index contributed by atoms with van der Waals surface area (Å²) in [6, 6.07) is 13.4. The molecule has 1 atom stereocenters. The van der Waals surface area contributed by atoms with E-state index in [2.05, 4.69) is 10.6 Å². The van der Waals surface area contributed by atoms with Crippen LogP contribution in [0.4, 0.5) is 5.69 Å². The number of hydrogen-bond donors (Lipinski definition) is 3. The highest BCUT2D eigenvalue weighted by Crippen LogP contribution is 2.22. The van der Waals surface area contributed by atoms with Gasteiger partial charge in [-0.3, -0.25) is 9.59 Å². The van der Waals surface area contributed by atoms with E-state index >= 15 is 0 Å². The lowest BCUT2D eigenvalue weighted by Gasteiger charge is -2.14. The van der Waals surface area contributed by atoms with Gasteiger partial charge in [-0.25, -0.2) is 0 Å². The van der Waals surface area contributed by atoms with Crippen molar-refractivity contribution in [1.82, 2.24) is 5.32 Å². The van der Waals surface area contributed by atoms with Crippen LogP contribution in [0.2, 0.25) is 0 Å². The summed E-state index contributed by atoms with van der Waals surface area (Å²) in [5.41, 5.74) is 0.713. The number of nitrogens with one attached hydrogen (secondary N) is 2. The van der Waals surface area contributed by atoms with Crippen molar-refractivity contribution in [1.29, 1.82) is 0 Å². The molecule has 0 bridgehead atoms. The average Bonchev–Trinajstić information content (AvgIpc) is 2.53. The molecule has 2 aromatic rings. The van der Waals surface area contributed by atoms with Crippen LogP contribution in [0.25, 0.3) is 10.8 Å². The SMILES string of the molecule is CC(C)C(O)CC(=O)NCC(=O)Nc1cccc2ccccc12. The minimum Gasteiger partial charge on any atom is -0.392 e. The second-order valence-corrected chi connectivity index (χ2v) is 5.87. The minimum absolute atomic E-state index is 0.000779. The second kappa shape index (κ2) is 7.74. The molecule has 5 heteroatoms. The molecule has 0 fully saturated rings. The highest BCUT2D eigenvalue weighted by molar-refractivity contribution is 6.03. The molecule has 122 valence electrons. The Balaban J connectivity index is 1.91. The van der Waals surface area contributed by atoms with E-state index in [-0.39, 0.29) is 30.7 Å². The van der Waals surface area contributed by atoms with Crippen LogP contribution in [0.3, 0.4) is 0 Å². The van der Waals surface area contributed by atoms with Crippen LogP contribution in [0.1, 0.15) is 20.3 Å². The average molecular weight is 314 g/mol. The van der Waals surface area contributed by atoms with Crippen LogP contribution < -0.4 is 10.6 Å². The van der Waals surface area contributed by atoms with Crippen molar-refractivity contribution < 1.29 is 14.7 Å². The number of aliphatic hydroxyl groups is 1. The molecule has 23 heavy (non-hydrogen) atoms. The Kier molecular flexibility index (Phi) is 5.71. The first-order valence-corrected chi connectivity index (χ1v) is 7.69. The Bertz CT molecular complexity index is 692. The van der Waals surface area contributed by atoms with Crippen molar-refractivity contribution in [3.63, 3.8) is 0 Å². The topological polar surface area (TPSA) is 78.4 Å². The van der Waals surface area contributed by atoms with Crippen molar-refractivity contribution in [3.05, 3.63) is 42.5 Å². The third-order valence-electron chi connectivity index (χ3n) is 3.67. The van der Waals surface area contributed by atoms with Crippen molar-refractivity contribution >= 4 is 28.3 Å². The molecule has 0 saturated carbocycles. The van der Waals surface area contributed by atoms with E-state index in [0.717, 1.165) is 10.8 Å². The number of fused-ring (bicyclic) bond motifs is 1. The van der Waals surface area contributed by atoms with Gasteiger partial charge in [-0.15, -0.1) is 0 Å². The molecule has 5 nitrogen and oxygen atoms in total. The third kappa shape index (κ3) is 4.79. The Labute approximate surface area is 135 Å². The lowest BCUT2D eigenvalue weighted by molar-refractivity contribution is -0.126. The minimum atomic E-state index is -0.698. The van der Waals surface area contributed by atoms with Crippen LogP contribution in [-0.2, 0) is 9.59 Å². The molecule has 0 spiro atoms. The Morgan fingerprint density at radius 3 is 2.48 bits per heavy atom. The summed E-state index contributed by atoms with van der Waals surface area (Å²) in [5.74, 6) is -0.627. The van der Waals surface area contributed by atoms with Crippen molar-refractivity contribution in [2.24, 2.45) is 5.92 Å². The Morgan fingerprint density at radius 2 is 1.74 bits per heavy atom. The second-order valence-electron chi connectivity index (χ2n) is 5.87. The molecule has 0 aromatic heterocycles. The zero-order valence-corrected chi connectivity index (χ0v) is 13.4. The first kappa shape index (κ1) is 17.0. The number of anilines is 1. The van der Waals surface area contributed by atoms with Gasteiger partial charge in [0, 0.05) is 11.1 Å². The van der Waals surface area contributed by atoms with Gasteiger partial charge in [-0.2, -0.15) is 0 Å². The first-order valence-electron chi connectivity index (χ1n) is 7.69. The summed E-state index contributed by atoms with van der Waals surface area (Å²) in [5, 5.41) is 17.0. The van der Waals surface area contributed by atoms with Gasteiger partial charge in [-0.05, 0) is 17.4 Å². The fourth-order valence-corrected chi connectivity index (χ4v) is 2.21. The normalized spacial score (nSPS) is 12.2. The molecular formula is C18H22N2O3. The molecular weight excluding hydrogens is 292 g/mol. The van der Waals surface area contributed by atoms with Crippen LogP contribution in [0, 0.1) is 5.92 Å². The van der Waals surface area contributed by atoms with Gasteiger partial charge in [0.1, 0.15) is 0 Å². The Morgan fingerprint density at radius 1 is 1.04 bits per heavy atom. The molecule has 0 radical (unpaired) electrons. The number of rotatable bonds is 6. The van der Waals surface area contributed by atoms with Gasteiger partial charge in [-0.1, -0.05) is 50.2 Å². The van der Waals surface area contributed by atoms with Crippen molar-refractivity contribution in [3.8, 4) is 0 Å². The smallest absolute Gasteiger partial charge is 0.243 e. The number of carbonyl (C=O) groups excluding carboxylic acids is 2. The van der Waals surface area contributed by atoms with Gasteiger partial charge in [0.05, 0.1) is 19.1 Å². The largest absolute Gasteiger partial charge is 0.392 e. The molecule has 2 aromatic carbocycles. The molecule has 0 aliphatic carbocycles. The van der Waals surface area contributed by atoms with Crippen LogP contribution in [0.15, 0.2) is 42.5 Å². The maximum atomic E-state index is 12.0. The summed E-state index contributed by atoms with van der Waals surface area (Å²) in [6.07, 6.45) is -0.699. The molecule has 3 N–H and O–H groups in total. The summed E-state index contributed by atoms with van der Waals surface area (Å²) in [7, 11) is 0. The van der Waals surface area contributed by atoms with E-state index in [9.17, 15) is 14.7 Å². The van der Waals surface area contributed by atoms with Gasteiger partial charge in [0.2, 0.25) is 11.8 Å². The van der Waals surface area contributed by atoms with E-state index in [1.165, 1.54) is 0 Å². The maximum absolute atomic E-state index is 12.0. The summed E-state index contributed by atoms with van der Waals surface area (Å²) in [6.45, 7) is 3.56. The fraction of sp³-hybridized carbons (Fsp3) is 0.333. The Hall–Kier alpha value is -2.40. The van der Waals surface area contributed by atoms with Gasteiger partial charge in [0.15, 0.2) is 0 Å². The van der Waals surface area contributed by atoms with E-state index in [1.807, 2.05) is 56.3 Å². The number of hydrogen-bond acceptors (Lipinski definition) is 3. The van der Waals surface area contributed by atoms with Crippen molar-refractivity contribution in [2.75, 3.05) is 11.9 Å². The molecule has 0 heterocycles. The molecule has 2 rings (SSSR count). The number of aliphatic hydroxyl groups excluding tert-OH is 1. The standard InChI is InChI=1S/C18H22N2O3/c1-12(2)16(21)10-17(22)19-11-18(23)20-15-9-5-7-13-6-3-4-8-14(13)15/h3-9,12,16,21H,10-11H2,1-2H3,(H,19,22)(H,20,23). The van der Waals surface area contributed by atoms with Crippen LogP contribution >= 0.6 is 0 Å². The zero-order chi connectivity index (χ0) is 16.8. The van der Waals surface area contributed by atoms with E-state index in [0.29, 0.717) is 5.69 Å². The quantitative estimate of drug-likeness (QED) is 0.765. The number of benzene rings is 2. The summed E-state index contributed by atoms with van der Waals surface area (Å²) in [4.78, 5) is 23.7. The summed E-state index contributed by atoms with van der Waals surface area (Å²) >= 11 is 0. The molecule has 2 amide bonds. The fourth-order valence-electron chi connectivity index (χ4n) is 2.21. The lowest BCUT2D eigenvalue weighted by atomic mass is 10.0. The maximum Gasteiger partial charge on any atom is 0.243 e. The van der Waals surface area contributed by atoms with Gasteiger partial charge >= 0.3 is 0 Å². The predicted octanol–water partition coefficient (Wildman–Crippen LogP) is 2.30. The highest BCUT2D eigenvalue weighted by atomic mass is 16.3. The van der Waals surface area contributed by atoms with Crippen LogP contribution in [0.5, 0.6) is 0 Å². The van der Waals surface area contributed by atoms with E-state index in [1.54, 1.807) is 0 Å². The van der Waals surface area contributed by atoms with E-state index in [4.69, 9.17) is 0 Å². The molecule has 0 saturated heterocycles. The van der Waals surface area contributed by atoms with Gasteiger partial charge < -0.3 is 15.7 Å². The lowest BCUT2D eigenvalue weighted by Crippen LogP contribution is -2.35. The number of carbonyl (C=O) groups is 2. The number of amides is 2. The molecule has 1 unspecified atom stereocenters. The van der Waals surface area contributed by atoms with Gasteiger partial charge in [0.25, 0.3) is 0 Å². The van der Waals surface area contributed by atoms with Crippen molar-refractivity contribution in [2.45, 2.75) is 26.4 Å². The predicted molar refractivity (Wildman–Crippen MR) is 91.0 cm³/mol. The summed E-state index contributed by atoms with van der Waals surface area (Å²) < 4.78 is 0.